The molecule has 206 valence electrons. The summed E-state index contributed by atoms with van der Waals surface area (Å²) >= 11 is 0. The summed E-state index contributed by atoms with van der Waals surface area (Å²) < 4.78 is 5.45. The van der Waals surface area contributed by atoms with Gasteiger partial charge >= 0.3 is 6.03 Å². The summed E-state index contributed by atoms with van der Waals surface area (Å²) in [5, 5.41) is 10.7. The molecular weight excluding hydrogens is 512 g/mol. The highest BCUT2D eigenvalue weighted by molar-refractivity contribution is 6.08. The van der Waals surface area contributed by atoms with E-state index in [1.54, 1.807) is 13.1 Å². The Morgan fingerprint density at radius 3 is 2.52 bits per heavy atom. The third-order valence-corrected chi connectivity index (χ3v) is 7.55. The molecule has 4 N–H and O–H groups in total. The second kappa shape index (κ2) is 10.4. The van der Waals surface area contributed by atoms with Crippen LogP contribution in [0, 0.1) is 5.92 Å². The lowest BCUT2D eigenvalue weighted by Crippen LogP contribution is -2.48. The molecule has 2 aromatic carbocycles. The van der Waals surface area contributed by atoms with E-state index in [-0.39, 0.29) is 24.3 Å². The molecule has 11 nitrogen and oxygen atoms in total. The smallest absolute Gasteiger partial charge is 0.325 e. The number of hydrogen-bond acceptors (Lipinski definition) is 7. The lowest BCUT2D eigenvalue weighted by Gasteiger charge is -2.30. The van der Waals surface area contributed by atoms with Crippen LogP contribution in [0.1, 0.15) is 67.0 Å². The Morgan fingerprint density at radius 2 is 1.80 bits per heavy atom. The molecule has 40 heavy (non-hydrogen) atoms. The summed E-state index contributed by atoms with van der Waals surface area (Å²) in [6.07, 6.45) is 1.71. The number of nitrogens with two attached hydrogens (primary N) is 1. The number of fused-ring (bicyclic) bond motifs is 1. The van der Waals surface area contributed by atoms with Crippen molar-refractivity contribution < 1.29 is 23.7 Å². The SMILES string of the molecule is C[C@H](CC(=O)c1nnoc1C(C)(C)c1ccccc1)CC(C(N)=O)N1C(=O)NC(=O)[C@H]1c1c[nH]c2ccccc12. The van der Waals surface area contributed by atoms with Crippen molar-refractivity contribution in [1.82, 2.24) is 25.6 Å². The maximum atomic E-state index is 13.4. The van der Waals surface area contributed by atoms with Gasteiger partial charge in [-0.15, -0.1) is 5.10 Å². The van der Waals surface area contributed by atoms with Crippen LogP contribution >= 0.6 is 0 Å². The molecule has 2 aromatic heterocycles. The number of H-pyrrole nitrogens is 1. The Bertz CT molecular complexity index is 1590. The number of aromatic amines is 1. The van der Waals surface area contributed by atoms with Crippen LogP contribution in [0.5, 0.6) is 0 Å². The lowest BCUT2D eigenvalue weighted by atomic mass is 9.80. The number of nitrogens with zero attached hydrogens (tertiary/aromatic N) is 3. The van der Waals surface area contributed by atoms with E-state index in [9.17, 15) is 19.2 Å². The topological polar surface area (TPSA) is 164 Å². The number of hydrogen-bond donors (Lipinski definition) is 3. The molecule has 0 aliphatic carbocycles. The highest BCUT2D eigenvalue weighted by Crippen LogP contribution is 2.36. The number of benzene rings is 2. The van der Waals surface area contributed by atoms with E-state index in [2.05, 4.69) is 20.7 Å². The van der Waals surface area contributed by atoms with Gasteiger partial charge in [-0.1, -0.05) is 55.5 Å². The predicted molar refractivity (Wildman–Crippen MR) is 145 cm³/mol. The average Bonchev–Trinajstić information content (AvgIpc) is 3.65. The molecule has 11 heteroatoms. The second-order valence-corrected chi connectivity index (χ2v) is 10.7. The molecular formula is C29H30N6O5. The first-order valence-electron chi connectivity index (χ1n) is 13.0. The largest absolute Gasteiger partial charge is 0.368 e. The van der Waals surface area contributed by atoms with Crippen molar-refractivity contribution >= 4 is 34.5 Å². The monoisotopic (exact) mass is 542 g/mol. The Balaban J connectivity index is 1.37. The van der Waals surface area contributed by atoms with Crippen molar-refractivity contribution in [3.63, 3.8) is 0 Å². The van der Waals surface area contributed by atoms with Crippen molar-refractivity contribution in [2.45, 2.75) is 51.1 Å². The van der Waals surface area contributed by atoms with Crippen molar-refractivity contribution in [2.75, 3.05) is 0 Å². The Kier molecular flexibility index (Phi) is 6.97. The zero-order chi connectivity index (χ0) is 28.6. The molecule has 1 fully saturated rings. The zero-order valence-electron chi connectivity index (χ0n) is 22.4. The maximum Gasteiger partial charge on any atom is 0.325 e. The van der Waals surface area contributed by atoms with Crippen LogP contribution in [-0.2, 0) is 15.0 Å². The van der Waals surface area contributed by atoms with Crippen molar-refractivity contribution in [1.29, 1.82) is 0 Å². The summed E-state index contributed by atoms with van der Waals surface area (Å²) in [4.78, 5) is 56.2. The first-order chi connectivity index (χ1) is 19.1. The second-order valence-electron chi connectivity index (χ2n) is 10.7. The number of nitrogens with one attached hydrogen (secondary N) is 2. The maximum absolute atomic E-state index is 13.4. The number of carbonyl (C=O) groups excluding carboxylic acids is 4. The number of Topliss-reactive ketones (excluding diaryl/α,β-unsaturated/α-hetero) is 1. The molecule has 1 aliphatic rings. The third-order valence-electron chi connectivity index (χ3n) is 7.55. The number of imide groups is 1. The van der Waals surface area contributed by atoms with Crippen molar-refractivity contribution in [3.05, 3.63) is 83.4 Å². The van der Waals surface area contributed by atoms with Gasteiger partial charge in [0.15, 0.2) is 17.2 Å². The van der Waals surface area contributed by atoms with Gasteiger partial charge in [-0.2, -0.15) is 0 Å². The van der Waals surface area contributed by atoms with E-state index in [0.29, 0.717) is 11.3 Å². The van der Waals surface area contributed by atoms with Crippen LogP contribution < -0.4 is 11.1 Å². The van der Waals surface area contributed by atoms with Gasteiger partial charge in [0.1, 0.15) is 12.1 Å². The Labute approximate surface area is 230 Å². The Morgan fingerprint density at radius 1 is 1.10 bits per heavy atom. The number of aromatic nitrogens is 3. The van der Waals surface area contributed by atoms with Gasteiger partial charge in [0.2, 0.25) is 5.91 Å². The minimum absolute atomic E-state index is 0.00296. The van der Waals surface area contributed by atoms with Gasteiger partial charge in [-0.3, -0.25) is 24.6 Å². The number of primary amides is 1. The van der Waals surface area contributed by atoms with E-state index >= 15 is 0 Å². The summed E-state index contributed by atoms with van der Waals surface area (Å²) in [6.45, 7) is 5.61. The molecule has 3 atom stereocenters. The molecule has 0 bridgehead atoms. The molecule has 5 rings (SSSR count). The van der Waals surface area contributed by atoms with Crippen LogP contribution in [0.2, 0.25) is 0 Å². The summed E-state index contributed by atoms with van der Waals surface area (Å²) in [7, 11) is 0. The molecule has 0 radical (unpaired) electrons. The van der Waals surface area contributed by atoms with E-state index in [1.165, 1.54) is 4.90 Å². The van der Waals surface area contributed by atoms with Crippen LogP contribution in [0.15, 0.2) is 65.3 Å². The van der Waals surface area contributed by atoms with E-state index in [1.807, 2.05) is 68.4 Å². The van der Waals surface area contributed by atoms with E-state index < -0.39 is 41.3 Å². The average molecular weight is 543 g/mol. The van der Waals surface area contributed by atoms with Gasteiger partial charge in [-0.25, -0.2) is 4.79 Å². The van der Waals surface area contributed by atoms with Gasteiger partial charge < -0.3 is 15.2 Å². The van der Waals surface area contributed by atoms with Crippen LogP contribution in [0.3, 0.4) is 0 Å². The van der Waals surface area contributed by atoms with Crippen LogP contribution in [-0.4, -0.2) is 49.9 Å². The normalized spacial score (nSPS) is 17.2. The summed E-state index contributed by atoms with van der Waals surface area (Å²) in [6, 6.07) is 14.0. The number of rotatable bonds is 10. The first-order valence-corrected chi connectivity index (χ1v) is 13.0. The molecule has 1 aliphatic heterocycles. The molecule has 1 saturated heterocycles. The standard InChI is InChI=1S/C29H30N6O5/c1-16(14-22(36)23-25(40-34-33-23)29(2,3)17-9-5-4-6-10-17)13-21(26(30)37)35-24(27(38)32-28(35)39)19-15-31-20-12-8-7-11-18(19)20/h4-12,15-16,21,24,31H,13-14H2,1-3H3,(H2,30,37)(H,32,38,39)/t16-,21?,24+/m0/s1. The molecule has 0 spiro atoms. The number of amides is 4. The zero-order valence-corrected chi connectivity index (χ0v) is 22.4. The molecule has 3 heterocycles. The molecule has 0 saturated carbocycles. The van der Waals surface area contributed by atoms with E-state index in [0.717, 1.165) is 16.5 Å². The highest BCUT2D eigenvalue weighted by Gasteiger charge is 2.46. The lowest BCUT2D eigenvalue weighted by molar-refractivity contribution is -0.125. The first kappa shape index (κ1) is 26.8. The number of urea groups is 1. The van der Waals surface area contributed by atoms with Crippen molar-refractivity contribution in [2.24, 2.45) is 11.7 Å². The molecule has 4 amide bonds. The Hall–Kier alpha value is -4.80. The van der Waals surface area contributed by atoms with Gasteiger partial charge in [0.25, 0.3) is 5.91 Å². The third kappa shape index (κ3) is 4.74. The van der Waals surface area contributed by atoms with Crippen molar-refractivity contribution in [3.8, 4) is 0 Å². The summed E-state index contributed by atoms with van der Waals surface area (Å²) in [5.74, 6) is -1.70. The van der Waals surface area contributed by atoms with Crippen LogP contribution in [0.4, 0.5) is 4.79 Å². The fourth-order valence-electron chi connectivity index (χ4n) is 5.43. The minimum atomic E-state index is -1.14. The summed E-state index contributed by atoms with van der Waals surface area (Å²) in [5.41, 5.74) is 7.48. The molecule has 4 aromatic rings. The van der Waals surface area contributed by atoms with E-state index in [4.69, 9.17) is 10.3 Å². The quantitative estimate of drug-likeness (QED) is 0.203. The minimum Gasteiger partial charge on any atom is -0.368 e. The fraction of sp³-hybridized carbons (Fsp3) is 0.310. The number of para-hydroxylation sites is 1. The van der Waals surface area contributed by atoms with Crippen LogP contribution in [0.25, 0.3) is 10.9 Å². The van der Waals surface area contributed by atoms with Gasteiger partial charge in [0, 0.05) is 34.4 Å². The number of carbonyl (C=O) groups is 4. The predicted octanol–water partition coefficient (Wildman–Crippen LogP) is 3.62. The number of ketones is 1. The molecule has 1 unspecified atom stereocenters. The highest BCUT2D eigenvalue weighted by atomic mass is 16.5. The van der Waals surface area contributed by atoms with Gasteiger partial charge in [0.05, 0.1) is 5.41 Å². The van der Waals surface area contributed by atoms with Gasteiger partial charge in [-0.05, 0) is 37.8 Å². The fourth-order valence-corrected chi connectivity index (χ4v) is 5.43.